The highest BCUT2D eigenvalue weighted by Crippen LogP contribution is 2.32. The Hall–Kier alpha value is -1.91. The summed E-state index contributed by atoms with van der Waals surface area (Å²) in [6, 6.07) is 5.31. The van der Waals surface area contributed by atoms with E-state index in [2.05, 4.69) is 24.5 Å². The second kappa shape index (κ2) is 6.50. The average molecular weight is 278 g/mol. The molecule has 20 heavy (non-hydrogen) atoms. The van der Waals surface area contributed by atoms with Crippen LogP contribution in [0.15, 0.2) is 18.2 Å². The monoisotopic (exact) mass is 278 g/mol. The Morgan fingerprint density at radius 1 is 1.20 bits per heavy atom. The van der Waals surface area contributed by atoms with Crippen LogP contribution in [0.2, 0.25) is 0 Å². The van der Waals surface area contributed by atoms with Crippen LogP contribution in [0.3, 0.4) is 0 Å². The van der Waals surface area contributed by atoms with E-state index in [0.717, 1.165) is 17.2 Å². The van der Waals surface area contributed by atoms with E-state index in [1.165, 1.54) is 0 Å². The van der Waals surface area contributed by atoms with Gasteiger partial charge >= 0.3 is 0 Å². The SMILES string of the molecule is CC(C)CNC(=O)[C@H](C)Nc1ccc2c(c1)OCCO2. The van der Waals surface area contributed by atoms with Gasteiger partial charge in [-0.1, -0.05) is 13.8 Å². The number of benzene rings is 1. The smallest absolute Gasteiger partial charge is 0.242 e. The summed E-state index contributed by atoms with van der Waals surface area (Å²) in [5.41, 5.74) is 0.849. The minimum atomic E-state index is -0.295. The molecule has 5 heteroatoms. The van der Waals surface area contributed by atoms with E-state index in [4.69, 9.17) is 9.47 Å². The highest BCUT2D eigenvalue weighted by atomic mass is 16.6. The zero-order valence-electron chi connectivity index (χ0n) is 12.2. The molecule has 0 aliphatic carbocycles. The number of hydrogen-bond acceptors (Lipinski definition) is 4. The van der Waals surface area contributed by atoms with Crippen LogP contribution in [0.1, 0.15) is 20.8 Å². The molecule has 1 atom stereocenters. The quantitative estimate of drug-likeness (QED) is 0.865. The summed E-state index contributed by atoms with van der Waals surface area (Å²) in [5, 5.41) is 6.07. The highest BCUT2D eigenvalue weighted by molar-refractivity contribution is 5.84. The summed E-state index contributed by atoms with van der Waals surface area (Å²) in [6.45, 7) is 7.80. The van der Waals surface area contributed by atoms with Gasteiger partial charge in [0.1, 0.15) is 19.3 Å². The molecule has 0 bridgehead atoms. The molecule has 0 radical (unpaired) electrons. The lowest BCUT2D eigenvalue weighted by molar-refractivity contribution is -0.121. The van der Waals surface area contributed by atoms with Crippen LogP contribution in [0.25, 0.3) is 0 Å². The minimum absolute atomic E-state index is 0.00594. The largest absolute Gasteiger partial charge is 0.486 e. The predicted molar refractivity (Wildman–Crippen MR) is 78.4 cm³/mol. The highest BCUT2D eigenvalue weighted by Gasteiger charge is 2.15. The Bertz CT molecular complexity index is 474. The number of ether oxygens (including phenoxy) is 2. The zero-order chi connectivity index (χ0) is 14.5. The maximum absolute atomic E-state index is 11.9. The van der Waals surface area contributed by atoms with Gasteiger partial charge in [0.15, 0.2) is 11.5 Å². The number of fused-ring (bicyclic) bond motifs is 1. The predicted octanol–water partition coefficient (Wildman–Crippen LogP) is 2.03. The van der Waals surface area contributed by atoms with Crippen LogP contribution in [0.4, 0.5) is 5.69 Å². The average Bonchev–Trinajstić information content (AvgIpc) is 2.44. The van der Waals surface area contributed by atoms with Gasteiger partial charge < -0.3 is 20.1 Å². The molecule has 1 aromatic rings. The lowest BCUT2D eigenvalue weighted by Gasteiger charge is -2.21. The molecule has 0 fully saturated rings. The van der Waals surface area contributed by atoms with Gasteiger partial charge in [0.2, 0.25) is 5.91 Å². The molecular weight excluding hydrogens is 256 g/mol. The fraction of sp³-hybridized carbons (Fsp3) is 0.533. The lowest BCUT2D eigenvalue weighted by atomic mass is 10.2. The molecule has 0 aromatic heterocycles. The third kappa shape index (κ3) is 3.79. The van der Waals surface area contributed by atoms with Crippen molar-refractivity contribution < 1.29 is 14.3 Å². The van der Waals surface area contributed by atoms with Crippen molar-refractivity contribution in [1.82, 2.24) is 5.32 Å². The van der Waals surface area contributed by atoms with Crippen LogP contribution in [-0.4, -0.2) is 31.7 Å². The summed E-state index contributed by atoms with van der Waals surface area (Å²) >= 11 is 0. The van der Waals surface area contributed by atoms with Gasteiger partial charge in [0.05, 0.1) is 0 Å². The number of carbonyl (C=O) groups is 1. The second-order valence-electron chi connectivity index (χ2n) is 5.36. The first-order valence-corrected chi connectivity index (χ1v) is 7.00. The molecule has 2 N–H and O–H groups in total. The molecule has 1 aliphatic heterocycles. The fourth-order valence-electron chi connectivity index (χ4n) is 1.91. The van der Waals surface area contributed by atoms with Crippen molar-refractivity contribution in [1.29, 1.82) is 0 Å². The molecule has 0 unspecified atom stereocenters. The van der Waals surface area contributed by atoms with E-state index in [0.29, 0.717) is 25.7 Å². The zero-order valence-corrected chi connectivity index (χ0v) is 12.2. The summed E-state index contributed by atoms with van der Waals surface area (Å²) in [5.74, 6) is 1.91. The van der Waals surface area contributed by atoms with E-state index in [-0.39, 0.29) is 11.9 Å². The first kappa shape index (κ1) is 14.5. The number of hydrogen-bond donors (Lipinski definition) is 2. The van der Waals surface area contributed by atoms with E-state index in [1.54, 1.807) is 0 Å². The number of nitrogens with one attached hydrogen (secondary N) is 2. The first-order chi connectivity index (χ1) is 9.56. The number of amides is 1. The maximum Gasteiger partial charge on any atom is 0.242 e. The summed E-state index contributed by atoms with van der Waals surface area (Å²) in [7, 11) is 0. The standard InChI is InChI=1S/C15H22N2O3/c1-10(2)9-16-15(18)11(3)17-12-4-5-13-14(8-12)20-7-6-19-13/h4-5,8,10-11,17H,6-7,9H2,1-3H3,(H,16,18)/t11-/m0/s1. The second-order valence-corrected chi connectivity index (χ2v) is 5.36. The van der Waals surface area contributed by atoms with Gasteiger partial charge in [-0.3, -0.25) is 4.79 Å². The molecule has 1 aliphatic rings. The van der Waals surface area contributed by atoms with Gasteiger partial charge in [-0.2, -0.15) is 0 Å². The van der Waals surface area contributed by atoms with Crippen molar-refractivity contribution in [2.24, 2.45) is 5.92 Å². The fourth-order valence-corrected chi connectivity index (χ4v) is 1.91. The Morgan fingerprint density at radius 3 is 2.60 bits per heavy atom. The summed E-state index contributed by atoms with van der Waals surface area (Å²) in [6.07, 6.45) is 0. The normalized spacial score (nSPS) is 14.8. The minimum Gasteiger partial charge on any atom is -0.486 e. The lowest BCUT2D eigenvalue weighted by Crippen LogP contribution is -2.39. The van der Waals surface area contributed by atoms with Crippen LogP contribution in [-0.2, 0) is 4.79 Å². The molecule has 0 saturated carbocycles. The molecular formula is C15H22N2O3. The summed E-state index contributed by atoms with van der Waals surface area (Å²) < 4.78 is 11.0. The third-order valence-corrected chi connectivity index (χ3v) is 3.00. The van der Waals surface area contributed by atoms with Crippen molar-refractivity contribution >= 4 is 11.6 Å². The Morgan fingerprint density at radius 2 is 1.90 bits per heavy atom. The molecule has 2 rings (SSSR count). The van der Waals surface area contributed by atoms with Gasteiger partial charge in [0, 0.05) is 18.3 Å². The van der Waals surface area contributed by atoms with Gasteiger partial charge in [-0.05, 0) is 25.0 Å². The topological polar surface area (TPSA) is 59.6 Å². The molecule has 110 valence electrons. The van der Waals surface area contributed by atoms with Crippen molar-refractivity contribution in [2.75, 3.05) is 25.1 Å². The number of rotatable bonds is 5. The molecule has 5 nitrogen and oxygen atoms in total. The third-order valence-electron chi connectivity index (χ3n) is 3.00. The van der Waals surface area contributed by atoms with Crippen LogP contribution >= 0.6 is 0 Å². The van der Waals surface area contributed by atoms with Gasteiger partial charge in [0.25, 0.3) is 0 Å². The maximum atomic E-state index is 11.9. The van der Waals surface area contributed by atoms with Crippen molar-refractivity contribution in [2.45, 2.75) is 26.8 Å². The summed E-state index contributed by atoms with van der Waals surface area (Å²) in [4.78, 5) is 11.9. The molecule has 1 aromatic carbocycles. The van der Waals surface area contributed by atoms with Crippen LogP contribution in [0, 0.1) is 5.92 Å². The van der Waals surface area contributed by atoms with Gasteiger partial charge in [-0.25, -0.2) is 0 Å². The number of carbonyl (C=O) groups excluding carboxylic acids is 1. The van der Waals surface area contributed by atoms with Gasteiger partial charge in [-0.15, -0.1) is 0 Å². The molecule has 1 amide bonds. The van der Waals surface area contributed by atoms with Crippen LogP contribution < -0.4 is 20.1 Å². The van der Waals surface area contributed by atoms with E-state index in [1.807, 2.05) is 25.1 Å². The van der Waals surface area contributed by atoms with Crippen molar-refractivity contribution in [3.63, 3.8) is 0 Å². The molecule has 0 spiro atoms. The van der Waals surface area contributed by atoms with E-state index < -0.39 is 0 Å². The van der Waals surface area contributed by atoms with E-state index >= 15 is 0 Å². The Labute approximate surface area is 119 Å². The first-order valence-electron chi connectivity index (χ1n) is 7.00. The number of anilines is 1. The van der Waals surface area contributed by atoms with Crippen LogP contribution in [0.5, 0.6) is 11.5 Å². The molecule has 0 saturated heterocycles. The van der Waals surface area contributed by atoms with Crippen molar-refractivity contribution in [3.05, 3.63) is 18.2 Å². The Kier molecular flexibility index (Phi) is 4.71. The van der Waals surface area contributed by atoms with E-state index in [9.17, 15) is 4.79 Å². The Balaban J connectivity index is 1.93. The van der Waals surface area contributed by atoms with Crippen molar-refractivity contribution in [3.8, 4) is 11.5 Å². The molecule has 1 heterocycles.